The Hall–Kier alpha value is -0.200. The normalized spacial score (nSPS) is 56.3. The molecule has 0 amide bonds. The molecule has 0 spiro atoms. The van der Waals surface area contributed by atoms with Crippen molar-refractivity contribution in [2.24, 2.45) is 0 Å². The summed E-state index contributed by atoms with van der Waals surface area (Å²) >= 11 is 0. The standard InChI is InChI=1S/C8H14O5/c9-3-1-5-8(12)4(10)2-6(13-5)7(3)11/h3-12H,1-2H2/t3-,4-,5+,6+,7-,8-/m1/s1. The number of aliphatic hydroxyl groups excluding tert-OH is 4. The maximum absolute atomic E-state index is 9.43. The van der Waals surface area contributed by atoms with Crippen LogP contribution >= 0.6 is 0 Å². The summed E-state index contributed by atoms with van der Waals surface area (Å²) in [6, 6.07) is 0. The molecular formula is C8H14O5. The highest BCUT2D eigenvalue weighted by molar-refractivity contribution is 4.96. The number of hydrogen-bond acceptors (Lipinski definition) is 5. The van der Waals surface area contributed by atoms with Crippen LogP contribution in [0.25, 0.3) is 0 Å². The average Bonchev–Trinajstić information content (AvgIpc) is 2.09. The maximum Gasteiger partial charge on any atom is 0.106 e. The van der Waals surface area contributed by atoms with E-state index in [0.717, 1.165) is 0 Å². The molecule has 0 aliphatic carbocycles. The number of ether oxygens (including phenoxy) is 1. The summed E-state index contributed by atoms with van der Waals surface area (Å²) < 4.78 is 5.27. The van der Waals surface area contributed by atoms with E-state index in [1.165, 1.54) is 0 Å². The van der Waals surface area contributed by atoms with Gasteiger partial charge in [-0.1, -0.05) is 0 Å². The van der Waals surface area contributed by atoms with Crippen LogP contribution in [0.1, 0.15) is 12.8 Å². The van der Waals surface area contributed by atoms with Gasteiger partial charge in [-0.25, -0.2) is 0 Å². The predicted octanol–water partition coefficient (Wildman–Crippen LogP) is -2.01. The summed E-state index contributed by atoms with van der Waals surface area (Å²) in [5.74, 6) is 0. The Labute approximate surface area is 75.6 Å². The molecule has 2 aliphatic heterocycles. The third-order valence-corrected chi connectivity index (χ3v) is 2.85. The van der Waals surface area contributed by atoms with Gasteiger partial charge in [0.05, 0.1) is 24.4 Å². The number of fused-ring (bicyclic) bond motifs is 2. The van der Waals surface area contributed by atoms with Gasteiger partial charge in [-0.15, -0.1) is 0 Å². The number of rotatable bonds is 0. The molecule has 4 N–H and O–H groups in total. The zero-order valence-electron chi connectivity index (χ0n) is 7.08. The lowest BCUT2D eigenvalue weighted by atomic mass is 9.84. The largest absolute Gasteiger partial charge is 0.390 e. The van der Waals surface area contributed by atoms with Crippen LogP contribution in [0.2, 0.25) is 0 Å². The molecule has 0 saturated carbocycles. The van der Waals surface area contributed by atoms with E-state index in [4.69, 9.17) is 4.74 Å². The highest BCUT2D eigenvalue weighted by atomic mass is 16.5. The molecule has 0 unspecified atom stereocenters. The third kappa shape index (κ3) is 1.47. The molecule has 0 aromatic rings. The van der Waals surface area contributed by atoms with Crippen molar-refractivity contribution in [2.75, 3.05) is 0 Å². The summed E-state index contributed by atoms with van der Waals surface area (Å²) in [6.07, 6.45) is -4.35. The maximum atomic E-state index is 9.43. The van der Waals surface area contributed by atoms with Crippen molar-refractivity contribution in [3.05, 3.63) is 0 Å². The Balaban J connectivity index is 2.12. The van der Waals surface area contributed by atoms with Crippen molar-refractivity contribution in [1.82, 2.24) is 0 Å². The van der Waals surface area contributed by atoms with Gasteiger partial charge in [0.25, 0.3) is 0 Å². The van der Waals surface area contributed by atoms with Crippen LogP contribution in [-0.4, -0.2) is 57.0 Å². The van der Waals surface area contributed by atoms with E-state index in [0.29, 0.717) is 0 Å². The lowest BCUT2D eigenvalue weighted by Gasteiger charge is -2.45. The summed E-state index contributed by atoms with van der Waals surface area (Å²) in [4.78, 5) is 0. The van der Waals surface area contributed by atoms with E-state index >= 15 is 0 Å². The highest BCUT2D eigenvalue weighted by Crippen LogP contribution is 2.31. The summed E-state index contributed by atoms with van der Waals surface area (Å²) in [7, 11) is 0. The SMILES string of the molecule is O[C@@H]1[C@H](O)C[C@@H]2O[C@H]1C[C@@H](O)[C@H]2O. The molecule has 2 rings (SSSR count). The highest BCUT2D eigenvalue weighted by Gasteiger charge is 2.46. The minimum atomic E-state index is -0.946. The minimum Gasteiger partial charge on any atom is -0.390 e. The summed E-state index contributed by atoms with van der Waals surface area (Å²) in [5, 5.41) is 37.6. The van der Waals surface area contributed by atoms with Gasteiger partial charge in [-0.2, -0.15) is 0 Å². The average molecular weight is 190 g/mol. The predicted molar refractivity (Wildman–Crippen MR) is 41.9 cm³/mol. The second-order valence-corrected chi connectivity index (χ2v) is 3.80. The zero-order valence-corrected chi connectivity index (χ0v) is 7.08. The van der Waals surface area contributed by atoms with Gasteiger partial charge < -0.3 is 25.2 Å². The molecule has 76 valence electrons. The first-order valence-corrected chi connectivity index (χ1v) is 4.47. The zero-order chi connectivity index (χ0) is 9.59. The van der Waals surface area contributed by atoms with Gasteiger partial charge in [0.15, 0.2) is 0 Å². The molecule has 13 heavy (non-hydrogen) atoms. The lowest BCUT2D eigenvalue weighted by molar-refractivity contribution is -0.243. The first-order valence-electron chi connectivity index (χ1n) is 4.47. The molecule has 2 saturated heterocycles. The molecule has 2 bridgehead atoms. The molecular weight excluding hydrogens is 176 g/mol. The van der Waals surface area contributed by atoms with Crippen LogP contribution < -0.4 is 0 Å². The van der Waals surface area contributed by atoms with E-state index in [1.54, 1.807) is 0 Å². The lowest BCUT2D eigenvalue weighted by Crippen LogP contribution is -2.59. The Morgan fingerprint density at radius 2 is 1.15 bits per heavy atom. The van der Waals surface area contributed by atoms with Gasteiger partial charge >= 0.3 is 0 Å². The van der Waals surface area contributed by atoms with Crippen LogP contribution in [0.3, 0.4) is 0 Å². The van der Waals surface area contributed by atoms with Crippen LogP contribution in [0.15, 0.2) is 0 Å². The summed E-state index contributed by atoms with van der Waals surface area (Å²) in [6.45, 7) is 0. The van der Waals surface area contributed by atoms with Gasteiger partial charge in [-0.3, -0.25) is 0 Å². The van der Waals surface area contributed by atoms with Gasteiger partial charge in [-0.05, 0) is 0 Å². The van der Waals surface area contributed by atoms with E-state index in [9.17, 15) is 20.4 Å². The quantitative estimate of drug-likeness (QED) is 0.354. The monoisotopic (exact) mass is 190 g/mol. The van der Waals surface area contributed by atoms with Crippen molar-refractivity contribution >= 4 is 0 Å². The van der Waals surface area contributed by atoms with Crippen LogP contribution in [0, 0.1) is 0 Å². The third-order valence-electron chi connectivity index (χ3n) is 2.85. The van der Waals surface area contributed by atoms with Gasteiger partial charge in [0, 0.05) is 12.8 Å². The number of hydrogen-bond donors (Lipinski definition) is 4. The Morgan fingerprint density at radius 1 is 0.769 bits per heavy atom. The molecule has 5 nitrogen and oxygen atoms in total. The molecule has 2 aliphatic rings. The molecule has 0 radical (unpaired) electrons. The fourth-order valence-corrected chi connectivity index (χ4v) is 2.03. The number of aliphatic hydroxyl groups is 4. The Kier molecular flexibility index (Phi) is 2.29. The smallest absolute Gasteiger partial charge is 0.106 e. The fraction of sp³-hybridized carbons (Fsp3) is 1.00. The second-order valence-electron chi connectivity index (χ2n) is 3.80. The van der Waals surface area contributed by atoms with Crippen LogP contribution in [-0.2, 0) is 4.74 Å². The molecule has 5 heteroatoms. The van der Waals surface area contributed by atoms with E-state index in [-0.39, 0.29) is 12.8 Å². The van der Waals surface area contributed by atoms with Gasteiger partial charge in [0.1, 0.15) is 12.2 Å². The minimum absolute atomic E-state index is 0.176. The van der Waals surface area contributed by atoms with Gasteiger partial charge in [0.2, 0.25) is 0 Å². The molecule has 0 aromatic heterocycles. The van der Waals surface area contributed by atoms with Crippen molar-refractivity contribution in [2.45, 2.75) is 49.5 Å². The molecule has 0 aromatic carbocycles. The molecule has 2 heterocycles. The van der Waals surface area contributed by atoms with Crippen molar-refractivity contribution < 1.29 is 25.2 Å². The molecule has 2 fully saturated rings. The van der Waals surface area contributed by atoms with Crippen molar-refractivity contribution in [3.8, 4) is 0 Å². The van der Waals surface area contributed by atoms with Crippen LogP contribution in [0.4, 0.5) is 0 Å². The van der Waals surface area contributed by atoms with E-state index < -0.39 is 36.6 Å². The Morgan fingerprint density at radius 3 is 1.54 bits per heavy atom. The topological polar surface area (TPSA) is 90.2 Å². The van der Waals surface area contributed by atoms with E-state index in [1.807, 2.05) is 0 Å². The first kappa shape index (κ1) is 9.36. The molecule has 6 atom stereocenters. The van der Waals surface area contributed by atoms with Crippen molar-refractivity contribution in [1.29, 1.82) is 0 Å². The fourth-order valence-electron chi connectivity index (χ4n) is 2.03. The first-order chi connectivity index (χ1) is 6.09. The van der Waals surface area contributed by atoms with Crippen molar-refractivity contribution in [3.63, 3.8) is 0 Å². The second kappa shape index (κ2) is 3.18. The van der Waals surface area contributed by atoms with Crippen LogP contribution in [0.5, 0.6) is 0 Å². The van der Waals surface area contributed by atoms with E-state index in [2.05, 4.69) is 0 Å². The summed E-state index contributed by atoms with van der Waals surface area (Å²) in [5.41, 5.74) is 0. The Bertz CT molecular complexity index is 173.